The lowest BCUT2D eigenvalue weighted by Crippen LogP contribution is -2.49. The lowest BCUT2D eigenvalue weighted by atomic mass is 9.48. The first-order valence-electron chi connectivity index (χ1n) is 14.2. The summed E-state index contributed by atoms with van der Waals surface area (Å²) < 4.78 is 0. The molecule has 2 aliphatic rings. The van der Waals surface area contributed by atoms with Gasteiger partial charge in [-0.2, -0.15) is 0 Å². The average Bonchev–Trinajstić information content (AvgIpc) is 3.09. The molecule has 0 fully saturated rings. The van der Waals surface area contributed by atoms with Gasteiger partial charge in [-0.25, -0.2) is 15.0 Å². The third-order valence-corrected chi connectivity index (χ3v) is 7.96. The van der Waals surface area contributed by atoms with E-state index >= 15 is 0 Å². The molecular weight excluding hydrogens is 511 g/mol. The predicted octanol–water partition coefficient (Wildman–Crippen LogP) is 7.85. The minimum absolute atomic E-state index is 0.0854. The number of fused-ring (bicyclic) bond motifs is 6. The van der Waals surface area contributed by atoms with Gasteiger partial charge in [-0.3, -0.25) is 0 Å². The fourth-order valence-corrected chi connectivity index (χ4v) is 6.00. The highest BCUT2D eigenvalue weighted by Crippen LogP contribution is 2.41. The Morgan fingerprint density at radius 1 is 0.452 bits per heavy atom. The molecule has 5 heteroatoms. The van der Waals surface area contributed by atoms with E-state index in [4.69, 9.17) is 15.0 Å². The molecule has 4 nitrogen and oxygen atoms in total. The van der Waals surface area contributed by atoms with Gasteiger partial charge < -0.3 is 4.81 Å². The molecule has 8 rings (SSSR count). The van der Waals surface area contributed by atoms with Gasteiger partial charge in [0.2, 0.25) is 0 Å². The van der Waals surface area contributed by atoms with Gasteiger partial charge in [-0.05, 0) is 40.5 Å². The molecular formula is C37H25BN4. The van der Waals surface area contributed by atoms with Crippen molar-refractivity contribution >= 4 is 18.0 Å². The van der Waals surface area contributed by atoms with Crippen LogP contribution in [0, 0.1) is 0 Å². The first-order chi connectivity index (χ1) is 20.8. The van der Waals surface area contributed by atoms with Crippen molar-refractivity contribution in [1.82, 2.24) is 15.0 Å². The van der Waals surface area contributed by atoms with E-state index < -0.39 is 0 Å². The number of allylic oxidation sites excluding steroid dienone is 2. The van der Waals surface area contributed by atoms with Crippen molar-refractivity contribution in [2.24, 2.45) is 0 Å². The zero-order valence-corrected chi connectivity index (χ0v) is 22.8. The largest absolute Gasteiger partial charge is 0.383 e. The third kappa shape index (κ3) is 4.14. The first kappa shape index (κ1) is 24.3. The summed E-state index contributed by atoms with van der Waals surface area (Å²) in [5.74, 6) is 4.26. The van der Waals surface area contributed by atoms with Gasteiger partial charge in [0.05, 0.1) is 0 Å². The van der Waals surface area contributed by atoms with Crippen molar-refractivity contribution < 1.29 is 0 Å². The van der Waals surface area contributed by atoms with Crippen LogP contribution >= 0.6 is 0 Å². The maximum atomic E-state index is 4.98. The van der Waals surface area contributed by atoms with Crippen LogP contribution in [0.4, 0.5) is 5.69 Å². The molecule has 0 saturated heterocycles. The van der Waals surface area contributed by atoms with Crippen LogP contribution in [0.3, 0.4) is 0 Å². The van der Waals surface area contributed by atoms with E-state index in [0.29, 0.717) is 17.5 Å². The minimum Gasteiger partial charge on any atom is -0.383 e. The third-order valence-electron chi connectivity index (χ3n) is 7.96. The summed E-state index contributed by atoms with van der Waals surface area (Å²) in [5, 5.41) is 0. The fraction of sp³-hybridized carbons (Fsp3) is 0. The summed E-state index contributed by atoms with van der Waals surface area (Å²) in [6.45, 7) is 0.0854. The number of hydrogen-bond donors (Lipinski definition) is 0. The van der Waals surface area contributed by atoms with E-state index in [1.54, 1.807) is 0 Å². The van der Waals surface area contributed by atoms with Crippen LogP contribution in [0.5, 0.6) is 0 Å². The van der Waals surface area contributed by atoms with Crippen molar-refractivity contribution in [3.63, 3.8) is 0 Å². The molecule has 0 bridgehead atoms. The van der Waals surface area contributed by atoms with Crippen LogP contribution in [0.25, 0.3) is 56.4 Å². The number of nitrogens with zero attached hydrogens (tertiary/aromatic N) is 4. The Balaban J connectivity index is 1.31. The molecule has 2 aliphatic heterocycles. The van der Waals surface area contributed by atoms with E-state index in [2.05, 4.69) is 95.9 Å². The summed E-state index contributed by atoms with van der Waals surface area (Å²) in [4.78, 5) is 17.2. The molecule has 0 spiro atoms. The minimum atomic E-state index is 0.0854. The quantitative estimate of drug-likeness (QED) is 0.215. The topological polar surface area (TPSA) is 41.9 Å². The normalized spacial score (nSPS) is 13.0. The van der Waals surface area contributed by atoms with E-state index in [-0.39, 0.29) is 6.85 Å². The first-order valence-corrected chi connectivity index (χ1v) is 14.2. The van der Waals surface area contributed by atoms with Gasteiger partial charge in [-0.1, -0.05) is 133 Å². The second-order valence-electron chi connectivity index (χ2n) is 10.5. The summed E-state index contributed by atoms with van der Waals surface area (Å²) in [5.41, 5.74) is 10.3. The maximum absolute atomic E-state index is 4.98. The average molecular weight is 536 g/mol. The lowest BCUT2D eigenvalue weighted by Gasteiger charge is -2.37. The highest BCUT2D eigenvalue weighted by Gasteiger charge is 2.35. The Morgan fingerprint density at radius 3 is 1.67 bits per heavy atom. The molecule has 5 aromatic carbocycles. The molecule has 196 valence electrons. The summed E-state index contributed by atoms with van der Waals surface area (Å²) in [6.07, 6.45) is 6.43. The Morgan fingerprint density at radius 2 is 1.02 bits per heavy atom. The zero-order chi connectivity index (χ0) is 27.9. The highest BCUT2D eigenvalue weighted by atomic mass is 15.1. The number of rotatable bonds is 4. The second kappa shape index (κ2) is 10.1. The number of aromatic nitrogens is 3. The molecule has 42 heavy (non-hydrogen) atoms. The van der Waals surface area contributed by atoms with Crippen molar-refractivity contribution in [3.05, 3.63) is 152 Å². The van der Waals surface area contributed by atoms with Crippen LogP contribution in [0.2, 0.25) is 0 Å². The maximum Gasteiger partial charge on any atom is 0.321 e. The molecule has 0 saturated carbocycles. The standard InChI is InChI=1S/C37H25BN4/c1-4-13-26(14-5-1)30-19-12-20-32-31-22-21-29(25-33(31)42-24-11-10-23-38(42)34(30)32)37-40-35(27-15-6-2-7-16-27)39-36(41-37)28-17-8-3-9-18-28/h1-25H. The predicted molar refractivity (Wildman–Crippen MR) is 173 cm³/mol. The molecule has 1 aromatic heterocycles. The SMILES string of the molecule is C1=CB2c3c(-c4ccccc4)cccc3-c3ccc(-c4nc(-c5ccccc5)nc(-c5ccccc5)n4)cc3N2C=C1. The Labute approximate surface area is 245 Å². The molecule has 0 unspecified atom stereocenters. The molecule has 0 N–H and O–H groups in total. The number of anilines is 1. The molecule has 0 aliphatic carbocycles. The molecule has 0 amide bonds. The van der Waals surface area contributed by atoms with Gasteiger partial charge in [0.15, 0.2) is 17.5 Å². The Bertz CT molecular complexity index is 1930. The molecule has 0 radical (unpaired) electrons. The molecule has 0 atom stereocenters. The van der Waals surface area contributed by atoms with Crippen LogP contribution in [-0.4, -0.2) is 21.8 Å². The van der Waals surface area contributed by atoms with Crippen molar-refractivity contribution in [1.29, 1.82) is 0 Å². The lowest BCUT2D eigenvalue weighted by molar-refractivity contribution is 1.07. The number of hydrogen-bond acceptors (Lipinski definition) is 4. The van der Waals surface area contributed by atoms with Crippen LogP contribution < -0.4 is 10.3 Å². The van der Waals surface area contributed by atoms with Gasteiger partial charge in [0, 0.05) is 27.9 Å². The van der Waals surface area contributed by atoms with Crippen LogP contribution in [-0.2, 0) is 0 Å². The van der Waals surface area contributed by atoms with E-state index in [9.17, 15) is 0 Å². The summed E-state index contributed by atoms with van der Waals surface area (Å²) in [7, 11) is 0. The zero-order valence-electron chi connectivity index (χ0n) is 22.8. The monoisotopic (exact) mass is 536 g/mol. The van der Waals surface area contributed by atoms with Gasteiger partial charge >= 0.3 is 6.85 Å². The van der Waals surface area contributed by atoms with E-state index in [1.165, 1.54) is 27.7 Å². The van der Waals surface area contributed by atoms with Gasteiger partial charge in [0.1, 0.15) is 0 Å². The molecule has 3 heterocycles. The summed E-state index contributed by atoms with van der Waals surface area (Å²) >= 11 is 0. The van der Waals surface area contributed by atoms with E-state index in [0.717, 1.165) is 22.4 Å². The highest BCUT2D eigenvalue weighted by molar-refractivity contribution is 6.85. The second-order valence-corrected chi connectivity index (χ2v) is 10.5. The van der Waals surface area contributed by atoms with Crippen molar-refractivity contribution in [2.75, 3.05) is 4.81 Å². The van der Waals surface area contributed by atoms with Crippen LogP contribution in [0.1, 0.15) is 0 Å². The van der Waals surface area contributed by atoms with Crippen molar-refractivity contribution in [2.45, 2.75) is 0 Å². The summed E-state index contributed by atoms with van der Waals surface area (Å²) in [6, 6.07) is 44.1. The van der Waals surface area contributed by atoms with Crippen LogP contribution in [0.15, 0.2) is 152 Å². The van der Waals surface area contributed by atoms with Crippen molar-refractivity contribution in [3.8, 4) is 56.4 Å². The van der Waals surface area contributed by atoms with Gasteiger partial charge in [-0.15, -0.1) is 0 Å². The fourth-order valence-electron chi connectivity index (χ4n) is 6.00. The Hall–Kier alpha value is -5.55. The van der Waals surface area contributed by atoms with E-state index in [1.807, 2.05) is 60.7 Å². The molecule has 6 aromatic rings. The number of benzene rings is 5. The van der Waals surface area contributed by atoms with Gasteiger partial charge in [0.25, 0.3) is 0 Å². The smallest absolute Gasteiger partial charge is 0.321 e. The Kier molecular flexibility index (Phi) is 5.85.